The molecule has 0 radical (unpaired) electrons. The zero-order valence-electron chi connectivity index (χ0n) is 4.96. The van der Waals surface area contributed by atoms with Gasteiger partial charge >= 0.3 is 75.5 Å². The maximum absolute atomic E-state index is 8.58. The summed E-state index contributed by atoms with van der Waals surface area (Å²) in [5.41, 5.74) is 0. The molecule has 44 valence electrons. The zero-order chi connectivity index (χ0) is 6.50. The van der Waals surface area contributed by atoms with Gasteiger partial charge in [-0.2, -0.15) is 0 Å². The number of rotatable bonds is 0. The van der Waals surface area contributed by atoms with E-state index in [2.05, 4.69) is 13.2 Å². The molecule has 9 heavy (non-hydrogen) atoms. The topological polar surface area (TPSA) is 92.2 Å². The first-order valence-electron chi connectivity index (χ1n) is 1.32. The Morgan fingerprint density at radius 3 is 0.778 bits per heavy atom. The second kappa shape index (κ2) is 12.9. The van der Waals surface area contributed by atoms with E-state index >= 15 is 0 Å². The van der Waals surface area contributed by atoms with Crippen molar-refractivity contribution < 1.29 is 19.2 Å². The van der Waals surface area contributed by atoms with Crippen LogP contribution in [0.5, 0.6) is 0 Å². The van der Waals surface area contributed by atoms with Crippen molar-refractivity contribution in [3.63, 3.8) is 0 Å². The maximum atomic E-state index is 8.58. The average Bonchev–Trinajstić information content (AvgIpc) is 1.36. The van der Waals surface area contributed by atoms with Crippen molar-refractivity contribution in [1.29, 1.82) is 0 Å². The van der Waals surface area contributed by atoms with Gasteiger partial charge in [0.15, 0.2) is 0 Å². The SMILES string of the molecule is C=C.[Ca+2].[Ca+2].[O-][Si]([O-])([O-])[O-]. The Morgan fingerprint density at radius 2 is 0.778 bits per heavy atom. The molecule has 0 spiro atoms. The third kappa shape index (κ3) is 133. The van der Waals surface area contributed by atoms with Crippen LogP contribution in [-0.2, 0) is 0 Å². The summed E-state index contributed by atoms with van der Waals surface area (Å²) in [6, 6.07) is 0. The van der Waals surface area contributed by atoms with E-state index in [1.807, 2.05) is 0 Å². The summed E-state index contributed by atoms with van der Waals surface area (Å²) in [4.78, 5) is 34.3. The smallest absolute Gasteiger partial charge is 0.894 e. The Balaban J connectivity index is -0.0000000286. The molecule has 0 heterocycles. The molecule has 0 aromatic rings. The first-order valence-corrected chi connectivity index (χ1v) is 2.95. The van der Waals surface area contributed by atoms with Gasteiger partial charge in [0.25, 0.3) is 0 Å². The van der Waals surface area contributed by atoms with Crippen LogP contribution in [0.15, 0.2) is 13.2 Å². The Bertz CT molecular complexity index is 40.3. The second-order valence-corrected chi connectivity index (χ2v) is 1.50. The molecular formula is C2H4Ca2O4Si. The largest absolute Gasteiger partial charge is 2.00 e. The Kier molecular flexibility index (Phi) is 32.4. The van der Waals surface area contributed by atoms with E-state index in [9.17, 15) is 0 Å². The molecule has 0 fully saturated rings. The van der Waals surface area contributed by atoms with Crippen LogP contribution >= 0.6 is 0 Å². The molecule has 4 nitrogen and oxygen atoms in total. The summed E-state index contributed by atoms with van der Waals surface area (Å²) < 4.78 is 0. The van der Waals surface area contributed by atoms with Crippen LogP contribution in [0, 0.1) is 0 Å². The average molecular weight is 200 g/mol. The van der Waals surface area contributed by atoms with Crippen LogP contribution in [-0.4, -0.2) is 84.5 Å². The normalized spacial score (nSPS) is 7.11. The first kappa shape index (κ1) is 22.5. The molecule has 0 rings (SSSR count). The van der Waals surface area contributed by atoms with E-state index in [0.717, 1.165) is 0 Å². The van der Waals surface area contributed by atoms with Crippen molar-refractivity contribution in [1.82, 2.24) is 0 Å². The minimum Gasteiger partial charge on any atom is -0.894 e. The molecule has 0 atom stereocenters. The van der Waals surface area contributed by atoms with Crippen molar-refractivity contribution in [2.24, 2.45) is 0 Å². The van der Waals surface area contributed by atoms with E-state index in [4.69, 9.17) is 19.2 Å². The molecule has 0 bridgehead atoms. The molecule has 0 saturated carbocycles. The summed E-state index contributed by atoms with van der Waals surface area (Å²) in [6.07, 6.45) is 0. The van der Waals surface area contributed by atoms with Gasteiger partial charge in [-0.05, 0) is 0 Å². The van der Waals surface area contributed by atoms with E-state index in [-0.39, 0.29) is 75.5 Å². The van der Waals surface area contributed by atoms with Crippen molar-refractivity contribution in [2.45, 2.75) is 0 Å². The summed E-state index contributed by atoms with van der Waals surface area (Å²) in [6.45, 7) is 6.00. The Hall–Kier alpha value is 2.32. The van der Waals surface area contributed by atoms with Crippen molar-refractivity contribution in [3.8, 4) is 0 Å². The quantitative estimate of drug-likeness (QED) is 0.289. The van der Waals surface area contributed by atoms with E-state index in [0.29, 0.717) is 0 Å². The third-order valence-corrected chi connectivity index (χ3v) is 0. The van der Waals surface area contributed by atoms with Crippen molar-refractivity contribution >= 4 is 84.5 Å². The van der Waals surface area contributed by atoms with Crippen LogP contribution in [0.3, 0.4) is 0 Å². The fourth-order valence-corrected chi connectivity index (χ4v) is 0. The van der Waals surface area contributed by atoms with Gasteiger partial charge in [0.05, 0.1) is 0 Å². The van der Waals surface area contributed by atoms with Gasteiger partial charge < -0.3 is 28.2 Å². The minimum atomic E-state index is -5.61. The third-order valence-electron chi connectivity index (χ3n) is 0. The van der Waals surface area contributed by atoms with Gasteiger partial charge in [-0.1, -0.05) is 0 Å². The fourth-order valence-electron chi connectivity index (χ4n) is 0. The summed E-state index contributed by atoms with van der Waals surface area (Å²) >= 11 is 0. The predicted molar refractivity (Wildman–Crippen MR) is 28.5 cm³/mol. The first-order chi connectivity index (χ1) is 3.00. The molecule has 0 aliphatic heterocycles. The monoisotopic (exact) mass is 200 g/mol. The molecule has 0 aliphatic carbocycles. The van der Waals surface area contributed by atoms with E-state index in [1.165, 1.54) is 0 Å². The summed E-state index contributed by atoms with van der Waals surface area (Å²) in [5, 5.41) is 0. The van der Waals surface area contributed by atoms with Crippen LogP contribution in [0.1, 0.15) is 0 Å². The van der Waals surface area contributed by atoms with Crippen molar-refractivity contribution in [2.75, 3.05) is 0 Å². The molecular weight excluding hydrogens is 196 g/mol. The molecule has 0 aromatic carbocycles. The Labute approximate surface area is 115 Å². The molecule has 0 N–H and O–H groups in total. The van der Waals surface area contributed by atoms with E-state index in [1.54, 1.807) is 0 Å². The number of hydrogen-bond donors (Lipinski definition) is 0. The van der Waals surface area contributed by atoms with Gasteiger partial charge in [0.2, 0.25) is 0 Å². The molecule has 0 aromatic heterocycles. The maximum Gasteiger partial charge on any atom is 2.00 e. The van der Waals surface area contributed by atoms with Crippen LogP contribution < -0.4 is 19.2 Å². The van der Waals surface area contributed by atoms with Crippen LogP contribution in [0.4, 0.5) is 0 Å². The minimum absolute atomic E-state index is 0. The second-order valence-electron chi connectivity index (χ2n) is 0.500. The van der Waals surface area contributed by atoms with Gasteiger partial charge in [0, 0.05) is 0 Å². The fraction of sp³-hybridized carbons (Fsp3) is 0. The molecule has 7 heteroatoms. The van der Waals surface area contributed by atoms with Crippen molar-refractivity contribution in [3.05, 3.63) is 13.2 Å². The van der Waals surface area contributed by atoms with Gasteiger partial charge in [-0.25, -0.2) is 0 Å². The van der Waals surface area contributed by atoms with Gasteiger partial charge in [0.1, 0.15) is 0 Å². The molecule has 0 unspecified atom stereocenters. The zero-order valence-corrected chi connectivity index (χ0v) is 10.4. The van der Waals surface area contributed by atoms with Crippen LogP contribution in [0.2, 0.25) is 0 Å². The molecule has 0 saturated heterocycles. The standard InChI is InChI=1S/C2H4.2Ca.O4Si/c1-2;;;1-5(2,3)4/h1-2H2;;;/q;2*+2;-4. The van der Waals surface area contributed by atoms with Crippen LogP contribution in [0.25, 0.3) is 0 Å². The summed E-state index contributed by atoms with van der Waals surface area (Å²) in [7, 11) is -5.61. The predicted octanol–water partition coefficient (Wildman–Crippen LogP) is -5.10. The van der Waals surface area contributed by atoms with Gasteiger partial charge in [-0.15, -0.1) is 13.2 Å². The van der Waals surface area contributed by atoms with Gasteiger partial charge in [-0.3, -0.25) is 0 Å². The number of hydrogen-bond acceptors (Lipinski definition) is 4. The molecule has 0 amide bonds. The Morgan fingerprint density at radius 1 is 0.778 bits per heavy atom. The summed E-state index contributed by atoms with van der Waals surface area (Å²) in [5.74, 6) is 0. The molecule has 0 aliphatic rings. The van der Waals surface area contributed by atoms with E-state index < -0.39 is 9.05 Å².